The Kier molecular flexibility index (Phi) is 7.36. The maximum absolute atomic E-state index is 12.3. The lowest BCUT2D eigenvalue weighted by molar-refractivity contribution is -0.120. The van der Waals surface area contributed by atoms with E-state index in [0.29, 0.717) is 16.3 Å². The molecule has 0 aliphatic rings. The minimum Gasteiger partial charge on any atom is -0.493 e. The van der Waals surface area contributed by atoms with Crippen molar-refractivity contribution >= 4 is 29.4 Å². The molecule has 0 saturated heterocycles. The molecule has 27 heavy (non-hydrogen) atoms. The van der Waals surface area contributed by atoms with Crippen LogP contribution in [-0.2, 0) is 9.63 Å². The number of methoxy groups -OCH3 is 1. The molecule has 1 amide bonds. The van der Waals surface area contributed by atoms with Crippen molar-refractivity contribution in [3.63, 3.8) is 0 Å². The first-order valence-corrected chi connectivity index (χ1v) is 8.11. The summed E-state index contributed by atoms with van der Waals surface area (Å²) >= 11 is 6.03. The SMILES string of the molecule is COc1cc(/C=N\OCC(=O)Nc2ccc(C)cc2Cl)ccc1OC(F)F. The molecule has 0 radical (unpaired) electrons. The molecule has 0 heterocycles. The molecule has 144 valence electrons. The molecule has 9 heteroatoms. The van der Waals surface area contributed by atoms with Crippen molar-refractivity contribution in [2.45, 2.75) is 13.5 Å². The van der Waals surface area contributed by atoms with Crippen LogP contribution in [0.4, 0.5) is 14.5 Å². The predicted molar refractivity (Wildman–Crippen MR) is 98.0 cm³/mol. The second-order valence-corrected chi connectivity index (χ2v) is 5.74. The zero-order valence-corrected chi connectivity index (χ0v) is 15.3. The largest absolute Gasteiger partial charge is 0.493 e. The third-order valence-corrected chi connectivity index (χ3v) is 3.59. The predicted octanol–water partition coefficient (Wildman–Crippen LogP) is 4.25. The van der Waals surface area contributed by atoms with Crippen molar-refractivity contribution in [2.75, 3.05) is 19.0 Å². The summed E-state index contributed by atoms with van der Waals surface area (Å²) in [5, 5.41) is 6.69. The fourth-order valence-electron chi connectivity index (χ4n) is 2.06. The molecule has 0 bridgehead atoms. The van der Waals surface area contributed by atoms with E-state index in [0.717, 1.165) is 5.56 Å². The minimum atomic E-state index is -2.96. The molecule has 1 N–H and O–H groups in total. The number of ether oxygens (including phenoxy) is 2. The fraction of sp³-hybridized carbons (Fsp3) is 0.222. The van der Waals surface area contributed by atoms with Gasteiger partial charge in [-0.05, 0) is 42.8 Å². The van der Waals surface area contributed by atoms with Crippen molar-refractivity contribution in [2.24, 2.45) is 5.16 Å². The molecule has 6 nitrogen and oxygen atoms in total. The second kappa shape index (κ2) is 9.72. The summed E-state index contributed by atoms with van der Waals surface area (Å²) in [6.07, 6.45) is 1.31. The van der Waals surface area contributed by atoms with Gasteiger partial charge in [0.1, 0.15) is 0 Å². The molecule has 2 aromatic carbocycles. The Balaban J connectivity index is 1.88. The first-order chi connectivity index (χ1) is 12.9. The molecular formula is C18H17ClF2N2O4. The van der Waals surface area contributed by atoms with E-state index in [4.69, 9.17) is 21.2 Å². The Hall–Kier alpha value is -2.87. The number of aryl methyl sites for hydroxylation is 1. The van der Waals surface area contributed by atoms with Crippen LogP contribution in [0.3, 0.4) is 0 Å². The highest BCUT2D eigenvalue weighted by molar-refractivity contribution is 6.33. The van der Waals surface area contributed by atoms with Crippen molar-refractivity contribution in [1.29, 1.82) is 0 Å². The van der Waals surface area contributed by atoms with Gasteiger partial charge in [0.25, 0.3) is 5.91 Å². The van der Waals surface area contributed by atoms with Gasteiger partial charge in [-0.25, -0.2) is 0 Å². The van der Waals surface area contributed by atoms with Crippen LogP contribution in [0, 0.1) is 6.92 Å². The number of hydrogen-bond acceptors (Lipinski definition) is 5. The quantitative estimate of drug-likeness (QED) is 0.533. The van der Waals surface area contributed by atoms with E-state index in [9.17, 15) is 13.6 Å². The number of anilines is 1. The van der Waals surface area contributed by atoms with Crippen LogP contribution in [0.15, 0.2) is 41.6 Å². The molecular weight excluding hydrogens is 382 g/mol. The van der Waals surface area contributed by atoms with Gasteiger partial charge in [-0.15, -0.1) is 0 Å². The average Bonchev–Trinajstić information content (AvgIpc) is 2.61. The summed E-state index contributed by atoms with van der Waals surface area (Å²) in [4.78, 5) is 16.8. The molecule has 0 fully saturated rings. The van der Waals surface area contributed by atoms with Crippen molar-refractivity contribution in [1.82, 2.24) is 0 Å². The van der Waals surface area contributed by atoms with Gasteiger partial charge in [0.15, 0.2) is 18.1 Å². The molecule has 0 aliphatic carbocycles. The lowest BCUT2D eigenvalue weighted by atomic mass is 10.2. The highest BCUT2D eigenvalue weighted by Gasteiger charge is 2.10. The molecule has 0 spiro atoms. The summed E-state index contributed by atoms with van der Waals surface area (Å²) in [7, 11) is 1.33. The van der Waals surface area contributed by atoms with Crippen LogP contribution in [0.5, 0.6) is 11.5 Å². The number of oxime groups is 1. The van der Waals surface area contributed by atoms with Crippen LogP contribution in [0.2, 0.25) is 5.02 Å². The van der Waals surface area contributed by atoms with E-state index in [1.54, 1.807) is 12.1 Å². The Morgan fingerprint density at radius 2 is 2.04 bits per heavy atom. The molecule has 2 aromatic rings. The van der Waals surface area contributed by atoms with Gasteiger partial charge in [-0.1, -0.05) is 22.8 Å². The van der Waals surface area contributed by atoms with Gasteiger partial charge >= 0.3 is 6.61 Å². The highest BCUT2D eigenvalue weighted by atomic mass is 35.5. The number of alkyl halides is 2. The number of amides is 1. The summed E-state index contributed by atoms with van der Waals surface area (Å²) in [5.41, 5.74) is 1.95. The van der Waals surface area contributed by atoms with E-state index in [-0.39, 0.29) is 18.1 Å². The Morgan fingerprint density at radius 3 is 2.70 bits per heavy atom. The van der Waals surface area contributed by atoms with Gasteiger partial charge in [0.05, 0.1) is 24.0 Å². The van der Waals surface area contributed by atoms with Gasteiger partial charge in [-0.2, -0.15) is 8.78 Å². The number of carbonyl (C=O) groups excluding carboxylic acids is 1. The Bertz CT molecular complexity index is 831. The molecule has 2 rings (SSSR count). The number of benzene rings is 2. The lowest BCUT2D eigenvalue weighted by Gasteiger charge is -2.10. The van der Waals surface area contributed by atoms with Crippen molar-refractivity contribution in [3.8, 4) is 11.5 Å². The molecule has 0 saturated carbocycles. The third kappa shape index (κ3) is 6.41. The van der Waals surface area contributed by atoms with Crippen LogP contribution >= 0.6 is 11.6 Å². The van der Waals surface area contributed by atoms with Crippen LogP contribution in [0.1, 0.15) is 11.1 Å². The second-order valence-electron chi connectivity index (χ2n) is 5.33. The summed E-state index contributed by atoms with van der Waals surface area (Å²) < 4.78 is 33.9. The monoisotopic (exact) mass is 398 g/mol. The van der Waals surface area contributed by atoms with Gasteiger partial charge < -0.3 is 19.6 Å². The molecule has 0 unspecified atom stereocenters. The van der Waals surface area contributed by atoms with E-state index >= 15 is 0 Å². The molecule has 0 atom stereocenters. The lowest BCUT2D eigenvalue weighted by Crippen LogP contribution is -2.17. The Labute approximate surface area is 159 Å². The van der Waals surface area contributed by atoms with E-state index < -0.39 is 12.5 Å². The number of nitrogens with zero attached hydrogens (tertiary/aromatic N) is 1. The van der Waals surface area contributed by atoms with Crippen LogP contribution in [0.25, 0.3) is 0 Å². The van der Waals surface area contributed by atoms with Crippen LogP contribution < -0.4 is 14.8 Å². The third-order valence-electron chi connectivity index (χ3n) is 3.27. The number of hydrogen-bond donors (Lipinski definition) is 1. The Morgan fingerprint density at radius 1 is 1.26 bits per heavy atom. The number of rotatable bonds is 8. The number of nitrogens with one attached hydrogen (secondary N) is 1. The minimum absolute atomic E-state index is 0.0973. The van der Waals surface area contributed by atoms with Crippen molar-refractivity contribution < 1.29 is 27.9 Å². The van der Waals surface area contributed by atoms with Crippen LogP contribution in [-0.4, -0.2) is 32.4 Å². The van der Waals surface area contributed by atoms with Gasteiger partial charge in [-0.3, -0.25) is 4.79 Å². The smallest absolute Gasteiger partial charge is 0.387 e. The molecule has 0 aromatic heterocycles. The number of halogens is 3. The summed E-state index contributed by atoms with van der Waals surface area (Å²) in [5.74, 6) is -0.415. The zero-order chi connectivity index (χ0) is 19.8. The first-order valence-electron chi connectivity index (χ1n) is 7.73. The first kappa shape index (κ1) is 20.4. The molecule has 0 aliphatic heterocycles. The summed E-state index contributed by atoms with van der Waals surface area (Å²) in [6, 6.07) is 9.48. The van der Waals surface area contributed by atoms with Gasteiger partial charge in [0.2, 0.25) is 0 Å². The zero-order valence-electron chi connectivity index (χ0n) is 14.5. The highest BCUT2D eigenvalue weighted by Crippen LogP contribution is 2.29. The van der Waals surface area contributed by atoms with E-state index in [1.165, 1.54) is 31.5 Å². The fourth-order valence-corrected chi connectivity index (χ4v) is 2.34. The standard InChI is InChI=1S/C18H17ClF2N2O4/c1-11-3-5-14(13(19)7-11)23-17(24)10-26-22-9-12-4-6-15(27-18(20)21)16(8-12)25-2/h3-9,18H,10H2,1-2H3,(H,23,24)/b22-9-. The normalized spacial score (nSPS) is 10.9. The number of carbonyl (C=O) groups is 1. The van der Waals surface area contributed by atoms with E-state index in [2.05, 4.69) is 15.2 Å². The summed E-state index contributed by atoms with van der Waals surface area (Å²) in [6.45, 7) is -1.40. The maximum Gasteiger partial charge on any atom is 0.387 e. The van der Waals surface area contributed by atoms with Gasteiger partial charge in [0, 0.05) is 5.56 Å². The maximum atomic E-state index is 12.3. The van der Waals surface area contributed by atoms with Crippen molar-refractivity contribution in [3.05, 3.63) is 52.5 Å². The van der Waals surface area contributed by atoms with E-state index in [1.807, 2.05) is 13.0 Å². The average molecular weight is 399 g/mol. The topological polar surface area (TPSA) is 69.2 Å².